The molecule has 4 nitrogen and oxygen atoms in total. The van der Waals surface area contributed by atoms with E-state index in [1.165, 1.54) is 6.92 Å². The van der Waals surface area contributed by atoms with Crippen LogP contribution in [0, 0.1) is 23.5 Å². The van der Waals surface area contributed by atoms with Gasteiger partial charge in [0.25, 0.3) is 0 Å². The molecule has 3 rings (SSSR count). The molecule has 2 fully saturated rings. The first-order chi connectivity index (χ1) is 19.5. The monoisotopic (exact) mass is 660 g/mol. The van der Waals surface area contributed by atoms with E-state index in [1.807, 2.05) is 0 Å². The van der Waals surface area contributed by atoms with E-state index in [-0.39, 0.29) is 6.61 Å². The maximum absolute atomic E-state index is 14.5. The summed E-state index contributed by atoms with van der Waals surface area (Å²) < 4.78 is 224. The van der Waals surface area contributed by atoms with Gasteiger partial charge in [-0.3, -0.25) is 0 Å². The van der Waals surface area contributed by atoms with Gasteiger partial charge in [-0.1, -0.05) is 0 Å². The lowest BCUT2D eigenvalue weighted by Gasteiger charge is -2.43. The fourth-order valence-corrected chi connectivity index (χ4v) is 4.73. The summed E-state index contributed by atoms with van der Waals surface area (Å²) in [5.74, 6) is -36.0. The Labute approximate surface area is 233 Å². The second-order valence-corrected chi connectivity index (χ2v) is 9.92. The van der Waals surface area contributed by atoms with Crippen LogP contribution in [0.2, 0.25) is 0 Å². The summed E-state index contributed by atoms with van der Waals surface area (Å²) in [6.45, 7) is 0.00279. The minimum absolute atomic E-state index is 0.0894. The molecule has 0 unspecified atom stereocenters. The van der Waals surface area contributed by atoms with Gasteiger partial charge >= 0.3 is 36.0 Å². The third-order valence-corrected chi connectivity index (χ3v) is 7.10. The van der Waals surface area contributed by atoms with E-state index in [1.54, 1.807) is 0 Å². The van der Waals surface area contributed by atoms with Crippen LogP contribution in [0.25, 0.3) is 0 Å². The van der Waals surface area contributed by atoms with Gasteiger partial charge in [0.2, 0.25) is 5.82 Å². The van der Waals surface area contributed by atoms with Crippen molar-refractivity contribution in [2.75, 3.05) is 19.8 Å². The molecule has 0 bridgehead atoms. The van der Waals surface area contributed by atoms with Crippen LogP contribution in [0.4, 0.5) is 65.9 Å². The predicted octanol–water partition coefficient (Wildman–Crippen LogP) is 8.08. The zero-order valence-electron chi connectivity index (χ0n) is 21.7. The van der Waals surface area contributed by atoms with E-state index in [0.29, 0.717) is 6.07 Å². The number of alkyl halides is 13. The minimum Gasteiger partial charge on any atom is -0.491 e. The molecule has 1 aromatic rings. The first-order valence-corrected chi connectivity index (χ1v) is 12.5. The Balaban J connectivity index is 1.59. The van der Waals surface area contributed by atoms with E-state index in [4.69, 9.17) is 14.2 Å². The average molecular weight is 660 g/mol. The molecule has 1 aliphatic heterocycles. The van der Waals surface area contributed by atoms with Crippen molar-refractivity contribution in [3.63, 3.8) is 0 Å². The van der Waals surface area contributed by atoms with Crippen molar-refractivity contribution in [3.05, 3.63) is 29.3 Å². The summed E-state index contributed by atoms with van der Waals surface area (Å²) in [6, 6.07) is 1.27. The molecule has 248 valence electrons. The largest absolute Gasteiger partial charge is 0.491 e. The quantitative estimate of drug-likeness (QED) is 0.238. The highest BCUT2D eigenvalue weighted by Gasteiger charge is 2.87. The summed E-state index contributed by atoms with van der Waals surface area (Å²) in [6.07, 6.45) is -17.8. The van der Waals surface area contributed by atoms with Crippen LogP contribution < -0.4 is 4.74 Å². The average Bonchev–Trinajstić information content (AvgIpc) is 2.90. The van der Waals surface area contributed by atoms with Crippen LogP contribution in [-0.2, 0) is 20.3 Å². The molecule has 19 heteroatoms. The maximum Gasteiger partial charge on any atom is 0.460 e. The van der Waals surface area contributed by atoms with Gasteiger partial charge in [0, 0.05) is 11.8 Å². The second-order valence-electron chi connectivity index (χ2n) is 9.92. The molecular formula is C24H23F15O4. The third kappa shape index (κ3) is 6.35. The lowest BCUT2D eigenvalue weighted by molar-refractivity contribution is -0.427. The fraction of sp³-hybridized carbons (Fsp3) is 0.750. The number of rotatable bonds is 10. The number of benzene rings is 1. The van der Waals surface area contributed by atoms with Crippen LogP contribution >= 0.6 is 0 Å². The van der Waals surface area contributed by atoms with Crippen molar-refractivity contribution in [1.29, 1.82) is 0 Å². The molecule has 43 heavy (non-hydrogen) atoms. The van der Waals surface area contributed by atoms with Gasteiger partial charge in [0.15, 0.2) is 17.9 Å². The Kier molecular flexibility index (Phi) is 9.84. The standard InChI is InChI=1S/C24H23F15O4/c1-2-40-15-8-7-14(16(25)17(15)26)20(29,30)43-13-9-41-18(42-10-13)11-3-5-12(6-4-11)19(27,28)21(31,32)22(33,34)23(35,36)24(37,38)39/h7-8,11-13,18H,2-6,9-10H2,1H3. The summed E-state index contributed by atoms with van der Waals surface area (Å²) in [4.78, 5) is 0. The van der Waals surface area contributed by atoms with Gasteiger partial charge in [-0.05, 0) is 44.7 Å². The van der Waals surface area contributed by atoms with E-state index < -0.39 is 122 Å². The first-order valence-electron chi connectivity index (χ1n) is 12.5. The zero-order valence-corrected chi connectivity index (χ0v) is 21.7. The van der Waals surface area contributed by atoms with Crippen LogP contribution in [0.3, 0.4) is 0 Å². The van der Waals surface area contributed by atoms with Crippen molar-refractivity contribution in [3.8, 4) is 5.75 Å². The fourth-order valence-electron chi connectivity index (χ4n) is 4.73. The van der Waals surface area contributed by atoms with Crippen molar-refractivity contribution in [2.45, 2.75) is 81.0 Å². The molecule has 0 atom stereocenters. The van der Waals surface area contributed by atoms with Gasteiger partial charge in [0.05, 0.1) is 25.4 Å². The van der Waals surface area contributed by atoms with E-state index in [0.717, 1.165) is 6.07 Å². The normalized spacial score (nSPS) is 25.1. The molecule has 0 radical (unpaired) electrons. The Bertz CT molecular complexity index is 1110. The number of hydrogen-bond donors (Lipinski definition) is 0. The maximum atomic E-state index is 14.5. The molecule has 2 aliphatic rings. The highest BCUT2D eigenvalue weighted by molar-refractivity contribution is 5.32. The van der Waals surface area contributed by atoms with Gasteiger partial charge in [-0.25, -0.2) is 4.39 Å². The SMILES string of the molecule is CCOc1ccc(C(F)(F)OC2COC(C3CCC(C(F)(F)C(F)(F)C(F)(F)C(F)(F)C(F)(F)F)CC3)OC2)c(F)c1F. The first kappa shape index (κ1) is 35.3. The molecule has 1 heterocycles. The second kappa shape index (κ2) is 12.0. The topological polar surface area (TPSA) is 36.9 Å². The number of hydrogen-bond acceptors (Lipinski definition) is 4. The molecule has 0 aromatic heterocycles. The van der Waals surface area contributed by atoms with Crippen LogP contribution in [0.1, 0.15) is 38.2 Å². The molecule has 0 spiro atoms. The lowest BCUT2D eigenvalue weighted by Crippen LogP contribution is -2.68. The predicted molar refractivity (Wildman–Crippen MR) is 113 cm³/mol. The third-order valence-electron chi connectivity index (χ3n) is 7.10. The van der Waals surface area contributed by atoms with Gasteiger partial charge in [0.1, 0.15) is 6.10 Å². The zero-order chi connectivity index (χ0) is 32.8. The minimum atomic E-state index is -7.49. The Morgan fingerprint density at radius 1 is 0.721 bits per heavy atom. The van der Waals surface area contributed by atoms with Crippen molar-refractivity contribution >= 4 is 0 Å². The van der Waals surface area contributed by atoms with Crippen molar-refractivity contribution < 1.29 is 84.8 Å². The molecule has 1 aromatic carbocycles. The molecule has 1 saturated heterocycles. The summed E-state index contributed by atoms with van der Waals surface area (Å²) in [5.41, 5.74) is -1.48. The van der Waals surface area contributed by atoms with E-state index in [9.17, 15) is 65.9 Å². The van der Waals surface area contributed by atoms with E-state index >= 15 is 0 Å². The van der Waals surface area contributed by atoms with Gasteiger partial charge < -0.3 is 18.9 Å². The van der Waals surface area contributed by atoms with Crippen molar-refractivity contribution in [2.24, 2.45) is 11.8 Å². The molecule has 1 saturated carbocycles. The van der Waals surface area contributed by atoms with Crippen LogP contribution in [0.15, 0.2) is 12.1 Å². The summed E-state index contributed by atoms with van der Waals surface area (Å²) in [5, 5.41) is 0. The van der Waals surface area contributed by atoms with Crippen molar-refractivity contribution in [1.82, 2.24) is 0 Å². The smallest absolute Gasteiger partial charge is 0.460 e. The summed E-state index contributed by atoms with van der Waals surface area (Å²) in [7, 11) is 0. The van der Waals surface area contributed by atoms with Crippen LogP contribution in [-0.4, -0.2) is 62.1 Å². The van der Waals surface area contributed by atoms with Gasteiger partial charge in [-0.2, -0.15) is 61.5 Å². The molecule has 1 aliphatic carbocycles. The lowest BCUT2D eigenvalue weighted by atomic mass is 9.75. The molecule has 0 N–H and O–H groups in total. The Hall–Kier alpha value is -2.15. The van der Waals surface area contributed by atoms with E-state index in [2.05, 4.69) is 4.74 Å². The number of halogens is 15. The molecule has 0 amide bonds. The summed E-state index contributed by atoms with van der Waals surface area (Å²) >= 11 is 0. The highest BCUT2D eigenvalue weighted by atomic mass is 19.4. The van der Waals surface area contributed by atoms with Gasteiger partial charge in [-0.15, -0.1) is 0 Å². The Morgan fingerprint density at radius 2 is 1.26 bits per heavy atom. The highest BCUT2D eigenvalue weighted by Crippen LogP contribution is 2.60. The Morgan fingerprint density at radius 3 is 1.74 bits per heavy atom. The number of ether oxygens (including phenoxy) is 4. The van der Waals surface area contributed by atoms with Crippen LogP contribution in [0.5, 0.6) is 5.75 Å². The molecular weight excluding hydrogens is 637 g/mol.